The van der Waals surface area contributed by atoms with E-state index in [-0.39, 0.29) is 16.9 Å². The van der Waals surface area contributed by atoms with Gasteiger partial charge in [0, 0.05) is 11.3 Å². The first kappa shape index (κ1) is 20.8. The van der Waals surface area contributed by atoms with Crippen LogP contribution in [0, 0.1) is 6.92 Å². The third-order valence-corrected chi connectivity index (χ3v) is 4.14. The van der Waals surface area contributed by atoms with E-state index in [2.05, 4.69) is 10.4 Å². The summed E-state index contributed by atoms with van der Waals surface area (Å²) in [5.41, 5.74) is -1.51. The number of aromatic nitrogens is 2. The van der Waals surface area contributed by atoms with Crippen LogP contribution >= 0.6 is 0 Å². The number of anilines is 1. The van der Waals surface area contributed by atoms with Crippen molar-refractivity contribution in [2.45, 2.75) is 13.1 Å². The second kappa shape index (κ2) is 7.82. The number of Topliss-reactive ketones (excluding diaryl/α,β-unsaturated/α-hetero) is 1. The number of halogens is 3. The van der Waals surface area contributed by atoms with Gasteiger partial charge in [0.1, 0.15) is 5.56 Å². The first-order chi connectivity index (χ1) is 14.1. The first-order valence-corrected chi connectivity index (χ1v) is 8.49. The molecule has 154 valence electrons. The number of carboxylic acid groups (broad SMARTS) is 1. The molecule has 7 nitrogen and oxygen atoms in total. The number of carbonyl (C=O) groups is 3. The summed E-state index contributed by atoms with van der Waals surface area (Å²) in [6.07, 6.45) is -4.39. The van der Waals surface area contributed by atoms with Crippen LogP contribution in [0.2, 0.25) is 0 Å². The second-order valence-corrected chi connectivity index (χ2v) is 6.32. The third-order valence-electron chi connectivity index (χ3n) is 4.14. The number of ketones is 1. The summed E-state index contributed by atoms with van der Waals surface area (Å²) < 4.78 is 40.6. The summed E-state index contributed by atoms with van der Waals surface area (Å²) in [5, 5.41) is 14.8. The molecule has 1 heterocycles. The molecular weight excluding hydrogens is 403 g/mol. The minimum Gasteiger partial charge on any atom is -0.478 e. The zero-order chi connectivity index (χ0) is 22.1. The van der Waals surface area contributed by atoms with Gasteiger partial charge in [0.2, 0.25) is 0 Å². The summed E-state index contributed by atoms with van der Waals surface area (Å²) >= 11 is 0. The fourth-order valence-electron chi connectivity index (χ4n) is 2.71. The first-order valence-electron chi connectivity index (χ1n) is 8.49. The van der Waals surface area contributed by atoms with Crippen LogP contribution in [0.15, 0.2) is 54.7 Å². The summed E-state index contributed by atoms with van der Waals surface area (Å²) in [5.74, 6) is -3.57. The maximum Gasteiger partial charge on any atom is 0.434 e. The van der Waals surface area contributed by atoms with Gasteiger partial charge in [-0.2, -0.15) is 18.3 Å². The van der Waals surface area contributed by atoms with Crippen LogP contribution in [0.5, 0.6) is 0 Å². The lowest BCUT2D eigenvalue weighted by Crippen LogP contribution is -2.23. The number of aryl methyl sites for hydroxylation is 1. The second-order valence-electron chi connectivity index (χ2n) is 6.32. The Bertz CT molecular complexity index is 1130. The number of carbonyl (C=O) groups excluding carboxylic acids is 2. The van der Waals surface area contributed by atoms with Gasteiger partial charge in [-0.05, 0) is 25.1 Å². The fraction of sp³-hybridized carbons (Fsp3) is 0.100. The van der Waals surface area contributed by atoms with E-state index in [1.807, 2.05) is 6.92 Å². The van der Waals surface area contributed by atoms with Gasteiger partial charge < -0.3 is 10.4 Å². The minimum atomic E-state index is -4.98. The average Bonchev–Trinajstić information content (AvgIpc) is 3.14. The van der Waals surface area contributed by atoms with Crippen LogP contribution in [-0.2, 0) is 11.0 Å². The Labute approximate surface area is 167 Å². The van der Waals surface area contributed by atoms with Crippen LogP contribution in [0.25, 0.3) is 5.69 Å². The molecule has 3 aromatic rings. The Hall–Kier alpha value is -3.95. The minimum absolute atomic E-state index is 0.0402. The van der Waals surface area contributed by atoms with Crippen molar-refractivity contribution < 1.29 is 32.7 Å². The van der Waals surface area contributed by atoms with E-state index in [0.717, 1.165) is 11.6 Å². The Balaban J connectivity index is 1.90. The molecule has 2 aromatic carbocycles. The standard InChI is InChI=1S/C20H14F3N3O4/c1-11-5-7-12(8-6-11)16(27)18(28)25-13-3-2-4-14(9-13)26-17(20(21,22)23)15(10-24-26)19(29)30/h2-10H,1H3,(H,25,28)(H,29,30). The molecule has 0 atom stereocenters. The van der Waals surface area contributed by atoms with Gasteiger partial charge in [-0.1, -0.05) is 35.9 Å². The number of carboxylic acids is 1. The summed E-state index contributed by atoms with van der Waals surface area (Å²) in [6, 6.07) is 11.4. The van der Waals surface area contributed by atoms with E-state index < -0.39 is 35.1 Å². The maximum absolute atomic E-state index is 13.4. The molecule has 0 aliphatic rings. The number of benzene rings is 2. The van der Waals surface area contributed by atoms with Crippen molar-refractivity contribution in [2.24, 2.45) is 0 Å². The molecule has 0 saturated heterocycles. The molecule has 0 bridgehead atoms. The van der Waals surface area contributed by atoms with E-state index in [1.54, 1.807) is 12.1 Å². The maximum atomic E-state index is 13.4. The Morgan fingerprint density at radius 3 is 2.33 bits per heavy atom. The van der Waals surface area contributed by atoms with Crippen LogP contribution in [0.4, 0.5) is 18.9 Å². The zero-order valence-corrected chi connectivity index (χ0v) is 15.4. The molecule has 30 heavy (non-hydrogen) atoms. The van der Waals surface area contributed by atoms with E-state index in [1.165, 1.54) is 30.3 Å². The smallest absolute Gasteiger partial charge is 0.434 e. The number of alkyl halides is 3. The van der Waals surface area contributed by atoms with Crippen molar-refractivity contribution in [1.82, 2.24) is 9.78 Å². The van der Waals surface area contributed by atoms with E-state index in [9.17, 15) is 27.6 Å². The van der Waals surface area contributed by atoms with Gasteiger partial charge in [0.15, 0.2) is 5.69 Å². The topological polar surface area (TPSA) is 101 Å². The van der Waals surface area contributed by atoms with Crippen molar-refractivity contribution in [3.8, 4) is 5.69 Å². The summed E-state index contributed by atoms with van der Waals surface area (Å²) in [6.45, 7) is 1.82. The van der Waals surface area contributed by atoms with Gasteiger partial charge >= 0.3 is 12.1 Å². The van der Waals surface area contributed by atoms with Crippen molar-refractivity contribution >= 4 is 23.3 Å². The SMILES string of the molecule is Cc1ccc(C(=O)C(=O)Nc2cccc(-n3ncc(C(=O)O)c3C(F)(F)F)c2)cc1. The fourth-order valence-corrected chi connectivity index (χ4v) is 2.71. The molecule has 1 aromatic heterocycles. The molecule has 0 radical (unpaired) electrons. The van der Waals surface area contributed by atoms with Crippen molar-refractivity contribution in [1.29, 1.82) is 0 Å². The molecule has 0 unspecified atom stereocenters. The van der Waals surface area contributed by atoms with Crippen molar-refractivity contribution in [3.05, 3.63) is 77.1 Å². The van der Waals surface area contributed by atoms with Crippen LogP contribution in [-0.4, -0.2) is 32.5 Å². The summed E-state index contributed by atoms with van der Waals surface area (Å²) in [7, 11) is 0. The molecule has 0 spiro atoms. The van der Waals surface area contributed by atoms with E-state index in [4.69, 9.17) is 5.11 Å². The van der Waals surface area contributed by atoms with Gasteiger partial charge in [0.25, 0.3) is 11.7 Å². The Morgan fingerprint density at radius 1 is 1.07 bits per heavy atom. The van der Waals surface area contributed by atoms with Crippen LogP contribution in [0.1, 0.15) is 32.0 Å². The molecule has 2 N–H and O–H groups in total. The normalized spacial score (nSPS) is 11.2. The molecule has 1 amide bonds. The number of hydrogen-bond acceptors (Lipinski definition) is 4. The van der Waals surface area contributed by atoms with Crippen LogP contribution < -0.4 is 5.32 Å². The molecule has 0 aliphatic heterocycles. The van der Waals surface area contributed by atoms with E-state index in [0.29, 0.717) is 10.9 Å². The van der Waals surface area contributed by atoms with E-state index >= 15 is 0 Å². The summed E-state index contributed by atoms with van der Waals surface area (Å²) in [4.78, 5) is 35.6. The molecular formula is C20H14F3N3O4. The lowest BCUT2D eigenvalue weighted by molar-refractivity contribution is -0.143. The largest absolute Gasteiger partial charge is 0.478 e. The molecule has 0 saturated carbocycles. The number of aromatic carboxylic acids is 1. The van der Waals surface area contributed by atoms with Gasteiger partial charge in [-0.15, -0.1) is 0 Å². The average molecular weight is 417 g/mol. The Morgan fingerprint density at radius 2 is 1.73 bits per heavy atom. The lowest BCUT2D eigenvalue weighted by atomic mass is 10.1. The van der Waals surface area contributed by atoms with Crippen molar-refractivity contribution in [2.75, 3.05) is 5.32 Å². The number of nitrogens with one attached hydrogen (secondary N) is 1. The number of hydrogen-bond donors (Lipinski definition) is 2. The highest BCUT2D eigenvalue weighted by Crippen LogP contribution is 2.34. The third kappa shape index (κ3) is 4.22. The highest BCUT2D eigenvalue weighted by Gasteiger charge is 2.40. The predicted octanol–water partition coefficient (Wildman–Crippen LogP) is 3.72. The quantitative estimate of drug-likeness (QED) is 0.487. The lowest BCUT2D eigenvalue weighted by Gasteiger charge is -2.13. The number of rotatable bonds is 5. The number of amides is 1. The zero-order valence-electron chi connectivity index (χ0n) is 15.4. The van der Waals surface area contributed by atoms with Gasteiger partial charge in [-0.25, -0.2) is 9.48 Å². The van der Waals surface area contributed by atoms with Crippen LogP contribution in [0.3, 0.4) is 0 Å². The number of nitrogens with zero attached hydrogens (tertiary/aromatic N) is 2. The van der Waals surface area contributed by atoms with Gasteiger partial charge in [-0.3, -0.25) is 9.59 Å². The molecule has 0 fully saturated rings. The Kier molecular flexibility index (Phi) is 5.41. The van der Waals surface area contributed by atoms with Crippen molar-refractivity contribution in [3.63, 3.8) is 0 Å². The molecule has 10 heteroatoms. The predicted molar refractivity (Wildman–Crippen MR) is 99.7 cm³/mol. The molecule has 0 aliphatic carbocycles. The highest BCUT2D eigenvalue weighted by atomic mass is 19.4. The monoisotopic (exact) mass is 417 g/mol. The van der Waals surface area contributed by atoms with Gasteiger partial charge in [0.05, 0.1) is 11.9 Å². The molecule has 3 rings (SSSR count). The highest BCUT2D eigenvalue weighted by molar-refractivity contribution is 6.46.